The molecule has 0 fully saturated rings. The normalized spacial score (nSPS) is 17.7. The molecule has 0 saturated carbocycles. The summed E-state index contributed by atoms with van der Waals surface area (Å²) in [6, 6.07) is 5.63. The number of ether oxygens (including phenoxy) is 1. The molecule has 6 heteroatoms. The van der Waals surface area contributed by atoms with Crippen molar-refractivity contribution in [1.29, 1.82) is 0 Å². The molecule has 1 unspecified atom stereocenters. The number of carbonyl (C=O) groups is 1. The summed E-state index contributed by atoms with van der Waals surface area (Å²) in [5.74, 6) is -1.27. The van der Waals surface area contributed by atoms with Gasteiger partial charge in [0.05, 0.1) is 0 Å². The third-order valence-corrected chi connectivity index (χ3v) is 4.87. The number of aliphatic hydroxyl groups is 1. The minimum absolute atomic E-state index is 0.00418. The van der Waals surface area contributed by atoms with Gasteiger partial charge in [0, 0.05) is 17.7 Å². The molecule has 0 aliphatic carbocycles. The standard InChI is InChI=1S/C24H26O6/c1-12(2)5-6-14-8-16(9-15(21(14)27)7-13(3)4)24-23(29)22(28)20-18(26)10-17(25)11-19(20)30-24/h5,7-11,23-27,29H,6H2,1-4H3/t23?,24-/m1/s1. The van der Waals surface area contributed by atoms with E-state index in [1.165, 1.54) is 6.07 Å². The highest BCUT2D eigenvalue weighted by atomic mass is 16.5. The first kappa shape index (κ1) is 21.5. The van der Waals surface area contributed by atoms with E-state index in [2.05, 4.69) is 0 Å². The Kier molecular flexibility index (Phi) is 5.89. The molecule has 0 aromatic heterocycles. The largest absolute Gasteiger partial charge is 0.508 e. The van der Waals surface area contributed by atoms with Crippen LogP contribution < -0.4 is 4.74 Å². The Bertz CT molecular complexity index is 1060. The van der Waals surface area contributed by atoms with Crippen LogP contribution in [0.25, 0.3) is 6.08 Å². The van der Waals surface area contributed by atoms with Gasteiger partial charge in [-0.15, -0.1) is 0 Å². The summed E-state index contributed by atoms with van der Waals surface area (Å²) in [6.07, 6.45) is 1.66. The van der Waals surface area contributed by atoms with Gasteiger partial charge in [-0.25, -0.2) is 0 Å². The Morgan fingerprint density at radius 1 is 1.03 bits per heavy atom. The van der Waals surface area contributed by atoms with E-state index in [1.54, 1.807) is 12.1 Å². The Hall–Kier alpha value is -3.25. The molecule has 1 heterocycles. The second-order valence-corrected chi connectivity index (χ2v) is 8.01. The van der Waals surface area contributed by atoms with Crippen LogP contribution in [0.3, 0.4) is 0 Å². The Labute approximate surface area is 175 Å². The van der Waals surface area contributed by atoms with E-state index < -0.39 is 23.7 Å². The van der Waals surface area contributed by atoms with E-state index in [9.17, 15) is 25.2 Å². The van der Waals surface area contributed by atoms with Crippen molar-refractivity contribution in [1.82, 2.24) is 0 Å². The van der Waals surface area contributed by atoms with E-state index >= 15 is 0 Å². The molecular weight excluding hydrogens is 384 g/mol. The SMILES string of the molecule is CC(C)=CCc1cc([C@H]2Oc3cc(O)cc(O)c3C(=O)C2O)cc(C=C(C)C)c1O. The predicted molar refractivity (Wildman–Crippen MR) is 114 cm³/mol. The third-order valence-electron chi connectivity index (χ3n) is 4.87. The highest BCUT2D eigenvalue weighted by Gasteiger charge is 2.39. The van der Waals surface area contributed by atoms with E-state index in [0.29, 0.717) is 23.1 Å². The minimum Gasteiger partial charge on any atom is -0.508 e. The highest BCUT2D eigenvalue weighted by molar-refractivity contribution is 6.05. The first-order chi connectivity index (χ1) is 14.1. The number of phenols is 3. The summed E-state index contributed by atoms with van der Waals surface area (Å²) in [6.45, 7) is 7.72. The number of rotatable bonds is 4. The van der Waals surface area contributed by atoms with Crippen LogP contribution in [0.4, 0.5) is 0 Å². The topological polar surface area (TPSA) is 107 Å². The van der Waals surface area contributed by atoms with Gasteiger partial charge in [0.15, 0.2) is 12.2 Å². The average molecular weight is 410 g/mol. The Morgan fingerprint density at radius 2 is 1.73 bits per heavy atom. The fraction of sp³-hybridized carbons (Fsp3) is 0.292. The summed E-state index contributed by atoms with van der Waals surface area (Å²) in [5, 5.41) is 41.1. The lowest BCUT2D eigenvalue weighted by atomic mass is 9.90. The molecule has 30 heavy (non-hydrogen) atoms. The number of hydrogen-bond acceptors (Lipinski definition) is 6. The fourth-order valence-electron chi connectivity index (χ4n) is 3.46. The van der Waals surface area contributed by atoms with Gasteiger partial charge in [-0.1, -0.05) is 23.3 Å². The van der Waals surface area contributed by atoms with Gasteiger partial charge in [0.1, 0.15) is 28.6 Å². The zero-order chi connectivity index (χ0) is 22.2. The van der Waals surface area contributed by atoms with Crippen LogP contribution in [-0.2, 0) is 6.42 Å². The molecule has 1 aliphatic rings. The molecule has 0 radical (unpaired) electrons. The van der Waals surface area contributed by atoms with Crippen molar-refractivity contribution in [3.63, 3.8) is 0 Å². The van der Waals surface area contributed by atoms with Gasteiger partial charge >= 0.3 is 0 Å². The molecule has 6 nitrogen and oxygen atoms in total. The third kappa shape index (κ3) is 4.19. The number of phenolic OH excluding ortho intramolecular Hbond substituents is 3. The molecule has 158 valence electrons. The van der Waals surface area contributed by atoms with Crippen LogP contribution in [0.2, 0.25) is 0 Å². The van der Waals surface area contributed by atoms with Crippen LogP contribution in [0.15, 0.2) is 41.5 Å². The number of hydrogen-bond donors (Lipinski definition) is 4. The zero-order valence-corrected chi connectivity index (χ0v) is 17.4. The lowest BCUT2D eigenvalue weighted by Crippen LogP contribution is -2.36. The predicted octanol–water partition coefficient (Wildman–Crippen LogP) is 4.41. The molecule has 0 spiro atoms. The molecular formula is C24H26O6. The first-order valence-electron chi connectivity index (χ1n) is 9.67. The fourth-order valence-corrected chi connectivity index (χ4v) is 3.46. The van der Waals surface area contributed by atoms with Crippen LogP contribution in [-0.4, -0.2) is 32.3 Å². The maximum Gasteiger partial charge on any atom is 0.202 e. The summed E-state index contributed by atoms with van der Waals surface area (Å²) in [7, 11) is 0. The molecule has 0 amide bonds. The lowest BCUT2D eigenvalue weighted by molar-refractivity contribution is 0.0210. The van der Waals surface area contributed by atoms with Crippen molar-refractivity contribution in [3.8, 4) is 23.0 Å². The van der Waals surface area contributed by atoms with Crippen molar-refractivity contribution in [3.05, 3.63) is 63.7 Å². The van der Waals surface area contributed by atoms with Crippen LogP contribution in [0.5, 0.6) is 23.0 Å². The van der Waals surface area contributed by atoms with Gasteiger partial charge in [-0.2, -0.15) is 0 Å². The van der Waals surface area contributed by atoms with Crippen LogP contribution in [0, 0.1) is 0 Å². The van der Waals surface area contributed by atoms with E-state index in [1.807, 2.05) is 39.8 Å². The number of Topliss-reactive ketones (excluding diaryl/α,β-unsaturated/α-hetero) is 1. The number of aromatic hydroxyl groups is 3. The molecule has 0 bridgehead atoms. The van der Waals surface area contributed by atoms with Crippen molar-refractivity contribution in [2.24, 2.45) is 0 Å². The molecule has 1 aliphatic heterocycles. The number of benzene rings is 2. The van der Waals surface area contributed by atoms with Crippen molar-refractivity contribution < 1.29 is 30.0 Å². The average Bonchev–Trinajstić information content (AvgIpc) is 2.64. The second-order valence-electron chi connectivity index (χ2n) is 8.01. The number of aliphatic hydroxyl groups excluding tert-OH is 1. The van der Waals surface area contributed by atoms with Crippen molar-refractivity contribution in [2.45, 2.75) is 46.3 Å². The number of ketones is 1. The maximum atomic E-state index is 12.7. The van der Waals surface area contributed by atoms with Crippen molar-refractivity contribution >= 4 is 11.9 Å². The van der Waals surface area contributed by atoms with E-state index in [-0.39, 0.29) is 22.8 Å². The molecule has 2 aromatic rings. The highest BCUT2D eigenvalue weighted by Crippen LogP contribution is 2.43. The van der Waals surface area contributed by atoms with Gasteiger partial charge in [0.2, 0.25) is 5.78 Å². The monoisotopic (exact) mass is 410 g/mol. The zero-order valence-electron chi connectivity index (χ0n) is 17.4. The molecule has 2 atom stereocenters. The first-order valence-corrected chi connectivity index (χ1v) is 9.67. The van der Waals surface area contributed by atoms with E-state index in [4.69, 9.17) is 4.74 Å². The number of fused-ring (bicyclic) bond motifs is 1. The van der Waals surface area contributed by atoms with Gasteiger partial charge in [0.25, 0.3) is 0 Å². The van der Waals surface area contributed by atoms with Gasteiger partial charge in [-0.05, 0) is 57.4 Å². The summed E-state index contributed by atoms with van der Waals surface area (Å²) < 4.78 is 5.83. The quantitative estimate of drug-likeness (QED) is 0.556. The Morgan fingerprint density at radius 3 is 2.37 bits per heavy atom. The summed E-state index contributed by atoms with van der Waals surface area (Å²) in [4.78, 5) is 12.7. The Balaban J connectivity index is 2.14. The van der Waals surface area contributed by atoms with Gasteiger partial charge in [-0.3, -0.25) is 4.79 Å². The minimum atomic E-state index is -1.55. The smallest absolute Gasteiger partial charge is 0.202 e. The summed E-state index contributed by atoms with van der Waals surface area (Å²) >= 11 is 0. The van der Waals surface area contributed by atoms with Crippen LogP contribution in [0.1, 0.15) is 60.8 Å². The number of carbonyl (C=O) groups excluding carboxylic acids is 1. The lowest BCUT2D eigenvalue weighted by Gasteiger charge is -2.30. The molecule has 3 rings (SSSR count). The molecule has 4 N–H and O–H groups in total. The molecule has 2 aromatic carbocycles. The second kappa shape index (κ2) is 8.24. The van der Waals surface area contributed by atoms with Gasteiger partial charge < -0.3 is 25.2 Å². The number of allylic oxidation sites excluding steroid dienone is 3. The van der Waals surface area contributed by atoms with Crippen LogP contribution >= 0.6 is 0 Å². The van der Waals surface area contributed by atoms with Crippen molar-refractivity contribution in [2.75, 3.05) is 0 Å². The maximum absolute atomic E-state index is 12.7. The summed E-state index contributed by atoms with van der Waals surface area (Å²) in [5.41, 5.74) is 3.59. The molecule has 0 saturated heterocycles. The van der Waals surface area contributed by atoms with E-state index in [0.717, 1.165) is 17.2 Å².